The highest BCUT2D eigenvalue weighted by molar-refractivity contribution is 6.30. The van der Waals surface area contributed by atoms with Gasteiger partial charge in [-0.15, -0.1) is 0 Å². The van der Waals surface area contributed by atoms with E-state index in [1.54, 1.807) is 12.3 Å². The van der Waals surface area contributed by atoms with Gasteiger partial charge in [0.05, 0.1) is 18.4 Å². The average molecular weight is 336 g/mol. The quantitative estimate of drug-likeness (QED) is 0.863. The molecule has 2 atom stereocenters. The summed E-state index contributed by atoms with van der Waals surface area (Å²) in [5, 5.41) is 10.0. The van der Waals surface area contributed by atoms with Crippen LogP contribution in [0.25, 0.3) is 11.5 Å². The lowest BCUT2D eigenvalue weighted by atomic mass is 9.81. The number of nitrogens with zero attached hydrogens (tertiary/aromatic N) is 1. The van der Waals surface area contributed by atoms with Crippen molar-refractivity contribution >= 4 is 11.6 Å². The predicted molar refractivity (Wildman–Crippen MR) is 89.9 cm³/mol. The van der Waals surface area contributed by atoms with Gasteiger partial charge in [0.1, 0.15) is 11.5 Å². The number of rotatable bonds is 5. The van der Waals surface area contributed by atoms with Gasteiger partial charge in [0.2, 0.25) is 5.89 Å². The zero-order valence-electron chi connectivity index (χ0n) is 13.3. The monoisotopic (exact) mass is 335 g/mol. The van der Waals surface area contributed by atoms with Crippen molar-refractivity contribution in [2.75, 3.05) is 13.2 Å². The van der Waals surface area contributed by atoms with Gasteiger partial charge >= 0.3 is 0 Å². The molecule has 0 bridgehead atoms. The first kappa shape index (κ1) is 16.3. The number of benzene rings is 1. The molecule has 4 nitrogen and oxygen atoms in total. The molecule has 1 aromatic carbocycles. The van der Waals surface area contributed by atoms with Crippen LogP contribution in [0, 0.1) is 5.92 Å². The Labute approximate surface area is 141 Å². The first-order valence-corrected chi connectivity index (χ1v) is 8.58. The molecular formula is C18H22ClNO3. The highest BCUT2D eigenvalue weighted by Crippen LogP contribution is 2.39. The molecule has 23 heavy (non-hydrogen) atoms. The van der Waals surface area contributed by atoms with Crippen LogP contribution in [0.3, 0.4) is 0 Å². The van der Waals surface area contributed by atoms with E-state index in [4.69, 9.17) is 20.8 Å². The molecule has 1 N–H and O–H groups in total. The molecule has 0 amide bonds. The maximum atomic E-state index is 9.39. The lowest BCUT2D eigenvalue weighted by Gasteiger charge is -2.26. The molecule has 0 aliphatic heterocycles. The van der Waals surface area contributed by atoms with E-state index < -0.39 is 0 Å². The van der Waals surface area contributed by atoms with Crippen LogP contribution in [0.15, 0.2) is 28.8 Å². The van der Waals surface area contributed by atoms with Gasteiger partial charge in [-0.2, -0.15) is 0 Å². The zero-order valence-corrected chi connectivity index (χ0v) is 14.1. The van der Waals surface area contributed by atoms with Gasteiger partial charge in [-0.3, -0.25) is 0 Å². The van der Waals surface area contributed by atoms with Gasteiger partial charge in [0.25, 0.3) is 0 Å². The average Bonchev–Trinajstić information content (AvgIpc) is 3.06. The Morgan fingerprint density at radius 2 is 2.26 bits per heavy atom. The molecule has 1 aliphatic carbocycles. The van der Waals surface area contributed by atoms with Crippen molar-refractivity contribution in [2.45, 2.75) is 38.5 Å². The third-order valence-electron chi connectivity index (χ3n) is 4.44. The van der Waals surface area contributed by atoms with Gasteiger partial charge < -0.3 is 14.3 Å². The number of aromatic nitrogens is 1. The van der Waals surface area contributed by atoms with Crippen molar-refractivity contribution in [3.8, 4) is 17.2 Å². The molecule has 0 radical (unpaired) electrons. The van der Waals surface area contributed by atoms with Gasteiger partial charge in [0, 0.05) is 17.5 Å². The molecule has 0 unspecified atom stereocenters. The first-order valence-electron chi connectivity index (χ1n) is 8.20. The van der Waals surface area contributed by atoms with E-state index in [0.717, 1.165) is 42.8 Å². The fraction of sp³-hybridized carbons (Fsp3) is 0.500. The van der Waals surface area contributed by atoms with E-state index in [1.165, 1.54) is 0 Å². The standard InChI is InChI=1S/C18H22ClNO3/c1-2-22-16-7-6-14(19)9-15(16)18-20-10-17(23-18)13-5-3-4-12(8-13)11-21/h6-7,9-10,12-13,21H,2-5,8,11H2,1H3/t12-,13+/m1/s1. The largest absolute Gasteiger partial charge is 0.493 e. The van der Waals surface area contributed by atoms with E-state index in [0.29, 0.717) is 29.4 Å². The lowest BCUT2D eigenvalue weighted by Crippen LogP contribution is -2.16. The lowest BCUT2D eigenvalue weighted by molar-refractivity contribution is 0.174. The number of oxazole rings is 1. The van der Waals surface area contributed by atoms with Crippen molar-refractivity contribution in [2.24, 2.45) is 5.92 Å². The molecule has 1 aliphatic rings. The van der Waals surface area contributed by atoms with Crippen LogP contribution in [0.4, 0.5) is 0 Å². The summed E-state index contributed by atoms with van der Waals surface area (Å²) in [7, 11) is 0. The van der Waals surface area contributed by atoms with E-state index in [-0.39, 0.29) is 6.61 Å². The minimum Gasteiger partial charge on any atom is -0.493 e. The van der Waals surface area contributed by atoms with Crippen LogP contribution < -0.4 is 4.74 Å². The number of aliphatic hydroxyl groups is 1. The zero-order chi connectivity index (χ0) is 16.2. The fourth-order valence-electron chi connectivity index (χ4n) is 3.27. The molecular weight excluding hydrogens is 314 g/mol. The molecule has 2 aromatic rings. The van der Waals surface area contributed by atoms with Crippen molar-refractivity contribution in [3.63, 3.8) is 0 Å². The highest BCUT2D eigenvalue weighted by Gasteiger charge is 2.26. The number of hydrogen-bond donors (Lipinski definition) is 1. The van der Waals surface area contributed by atoms with Crippen molar-refractivity contribution in [1.82, 2.24) is 4.98 Å². The summed E-state index contributed by atoms with van der Waals surface area (Å²) in [6.45, 7) is 2.76. The van der Waals surface area contributed by atoms with Crippen LogP contribution in [0.2, 0.25) is 5.02 Å². The molecule has 5 heteroatoms. The summed E-state index contributed by atoms with van der Waals surface area (Å²) in [5.74, 6) is 2.85. The topological polar surface area (TPSA) is 55.5 Å². The smallest absolute Gasteiger partial charge is 0.230 e. The number of hydrogen-bond acceptors (Lipinski definition) is 4. The molecule has 1 saturated carbocycles. The molecule has 1 aromatic heterocycles. The second kappa shape index (κ2) is 7.37. The Hall–Kier alpha value is -1.52. The number of ether oxygens (including phenoxy) is 1. The maximum Gasteiger partial charge on any atom is 0.230 e. The number of aliphatic hydroxyl groups excluding tert-OH is 1. The van der Waals surface area contributed by atoms with Gasteiger partial charge in [-0.05, 0) is 50.3 Å². The summed E-state index contributed by atoms with van der Waals surface area (Å²) in [6.07, 6.45) is 6.05. The van der Waals surface area contributed by atoms with Crippen LogP contribution in [0.5, 0.6) is 5.75 Å². The van der Waals surface area contributed by atoms with Gasteiger partial charge in [0.15, 0.2) is 0 Å². The Morgan fingerprint density at radius 3 is 3.04 bits per heavy atom. The van der Waals surface area contributed by atoms with E-state index in [2.05, 4.69) is 4.98 Å². The summed E-state index contributed by atoms with van der Waals surface area (Å²) < 4.78 is 11.7. The van der Waals surface area contributed by atoms with Crippen LogP contribution >= 0.6 is 11.6 Å². The Kier molecular flexibility index (Phi) is 5.23. The molecule has 1 heterocycles. The summed E-state index contributed by atoms with van der Waals surface area (Å²) in [5.41, 5.74) is 0.778. The van der Waals surface area contributed by atoms with Gasteiger partial charge in [-0.25, -0.2) is 4.98 Å². The van der Waals surface area contributed by atoms with E-state index >= 15 is 0 Å². The highest BCUT2D eigenvalue weighted by atomic mass is 35.5. The molecule has 0 spiro atoms. The van der Waals surface area contributed by atoms with Gasteiger partial charge in [-0.1, -0.05) is 18.0 Å². The number of halogens is 1. The minimum absolute atomic E-state index is 0.250. The third kappa shape index (κ3) is 3.70. The molecule has 3 rings (SSSR count). The molecule has 1 fully saturated rings. The predicted octanol–water partition coefficient (Wildman–Crippen LogP) is 4.66. The van der Waals surface area contributed by atoms with Crippen LogP contribution in [0.1, 0.15) is 44.3 Å². The SMILES string of the molecule is CCOc1ccc(Cl)cc1-c1ncc([C@H]2CCC[C@@H](CO)C2)o1. The van der Waals surface area contributed by atoms with E-state index in [9.17, 15) is 5.11 Å². The van der Waals surface area contributed by atoms with E-state index in [1.807, 2.05) is 19.1 Å². The Bertz CT molecular complexity index is 655. The summed E-state index contributed by atoms with van der Waals surface area (Å²) in [4.78, 5) is 4.43. The Balaban J connectivity index is 1.86. The van der Waals surface area contributed by atoms with Crippen molar-refractivity contribution in [3.05, 3.63) is 35.2 Å². The van der Waals surface area contributed by atoms with Crippen LogP contribution in [-0.4, -0.2) is 23.3 Å². The van der Waals surface area contributed by atoms with Crippen LogP contribution in [-0.2, 0) is 0 Å². The summed E-state index contributed by atoms with van der Waals surface area (Å²) in [6, 6.07) is 5.46. The first-order chi connectivity index (χ1) is 11.2. The molecule has 0 saturated heterocycles. The third-order valence-corrected chi connectivity index (χ3v) is 4.67. The normalized spacial score (nSPS) is 21.3. The second-order valence-corrected chi connectivity index (χ2v) is 6.49. The fourth-order valence-corrected chi connectivity index (χ4v) is 3.44. The molecule has 124 valence electrons. The second-order valence-electron chi connectivity index (χ2n) is 6.05. The van der Waals surface area contributed by atoms with Crippen molar-refractivity contribution in [1.29, 1.82) is 0 Å². The van der Waals surface area contributed by atoms with Crippen molar-refractivity contribution < 1.29 is 14.3 Å². The summed E-state index contributed by atoms with van der Waals surface area (Å²) >= 11 is 6.11. The maximum absolute atomic E-state index is 9.39. The Morgan fingerprint density at radius 1 is 1.39 bits per heavy atom. The minimum atomic E-state index is 0.250.